The Morgan fingerprint density at radius 2 is 1.11 bits per heavy atom. The van der Waals surface area contributed by atoms with Crippen molar-refractivity contribution in [2.24, 2.45) is 46.3 Å². The Kier molecular flexibility index (Phi) is 21.4. The molecular formula is C55H102N3O8+3. The van der Waals surface area contributed by atoms with Crippen LogP contribution in [0.2, 0.25) is 0 Å². The number of hydrogen-bond donors (Lipinski definition) is 0. The Morgan fingerprint density at radius 1 is 0.576 bits per heavy atom. The van der Waals surface area contributed by atoms with Crippen LogP contribution in [0, 0.1) is 46.3 Å². The van der Waals surface area contributed by atoms with Gasteiger partial charge < -0.3 is 32.4 Å². The fourth-order valence-corrected chi connectivity index (χ4v) is 13.3. The molecule has 0 N–H and O–H groups in total. The van der Waals surface area contributed by atoms with Gasteiger partial charge in [-0.1, -0.05) is 72.6 Å². The van der Waals surface area contributed by atoms with Crippen LogP contribution in [-0.2, 0) is 38.1 Å². The van der Waals surface area contributed by atoms with Crippen molar-refractivity contribution >= 4 is 23.9 Å². The van der Waals surface area contributed by atoms with Gasteiger partial charge in [0.15, 0.2) is 0 Å². The van der Waals surface area contributed by atoms with Crippen LogP contribution in [0.15, 0.2) is 0 Å². The van der Waals surface area contributed by atoms with Gasteiger partial charge in [-0.25, -0.2) is 0 Å². The topological polar surface area (TPSA) is 105 Å². The quantitative estimate of drug-likeness (QED) is 0.0331. The van der Waals surface area contributed by atoms with Crippen LogP contribution in [-0.4, -0.2) is 145 Å². The molecule has 382 valence electrons. The molecule has 0 amide bonds. The minimum atomic E-state index is -0.340. The fraction of sp³-hybridized carbons (Fsp3) is 0.927. The molecule has 0 aromatic carbocycles. The number of carbonyl (C=O) groups excluding carboxylic acids is 4. The molecule has 0 heterocycles. The number of nitrogens with zero attached hydrogens (tertiary/aromatic N) is 3. The van der Waals surface area contributed by atoms with Gasteiger partial charge in [0.2, 0.25) is 0 Å². The molecule has 11 nitrogen and oxygen atoms in total. The normalized spacial score (nSPS) is 30.4. The number of hydrogen-bond acceptors (Lipinski definition) is 8. The molecule has 4 aliphatic rings. The molecular weight excluding hydrogens is 831 g/mol. The fourth-order valence-electron chi connectivity index (χ4n) is 13.3. The summed E-state index contributed by atoms with van der Waals surface area (Å²) in [6.45, 7) is 12.6. The van der Waals surface area contributed by atoms with Crippen molar-refractivity contribution < 1.29 is 51.6 Å². The van der Waals surface area contributed by atoms with Gasteiger partial charge in [0, 0.05) is 37.0 Å². The predicted octanol–water partition coefficient (Wildman–Crippen LogP) is 10.2. The summed E-state index contributed by atoms with van der Waals surface area (Å²) in [5.41, 5.74) is -0.421. The SMILES string of the molecule is CCCCCCCCCCOC(=O)CC[C@@H](C)[C@H]1CCC2C3C(OC(=O)CCC[N+](C)(C)C)C[C@@H]4C[C@H](OC(=O)CCC[N+](C)(C)C)CC[C@]4(C)C3C[C@H](OC(=O)CCC[N+](C)(C)C)[C@@]21C. The van der Waals surface area contributed by atoms with E-state index >= 15 is 0 Å². The first-order chi connectivity index (χ1) is 30.9. The lowest BCUT2D eigenvalue weighted by atomic mass is 9.43. The van der Waals surface area contributed by atoms with Crippen molar-refractivity contribution in [2.45, 2.75) is 194 Å². The highest BCUT2D eigenvalue weighted by Gasteiger charge is 2.68. The number of rotatable bonds is 28. The second-order valence-corrected chi connectivity index (χ2v) is 25.5. The number of quaternary nitrogens is 3. The minimum absolute atomic E-state index is 0.0812. The van der Waals surface area contributed by atoms with Gasteiger partial charge in [0.1, 0.15) is 18.3 Å². The summed E-state index contributed by atoms with van der Waals surface area (Å²) >= 11 is 0. The Labute approximate surface area is 403 Å². The van der Waals surface area contributed by atoms with Gasteiger partial charge in [-0.3, -0.25) is 19.2 Å². The van der Waals surface area contributed by atoms with Crippen LogP contribution in [0.1, 0.15) is 175 Å². The molecule has 4 saturated carbocycles. The van der Waals surface area contributed by atoms with Crippen LogP contribution >= 0.6 is 0 Å². The minimum Gasteiger partial charge on any atom is -0.466 e. The molecule has 11 heteroatoms. The maximum atomic E-state index is 14.0. The molecule has 4 fully saturated rings. The number of ether oxygens (including phenoxy) is 4. The van der Waals surface area contributed by atoms with E-state index in [0.29, 0.717) is 32.3 Å². The molecule has 0 spiro atoms. The van der Waals surface area contributed by atoms with E-state index in [2.05, 4.69) is 91.1 Å². The standard InChI is InChI=1S/C55H102N3O8/c1-14-15-16-17-18-19-20-21-37-63-49(59)31-28-41(2)44-29-30-45-53-46(40-48(55(44,45)4)66-52(62)27-24-36-58(11,12)13)54(3)33-32-43(64-50(60)25-22-34-56(5,6)7)38-42(54)39-47(53)65-51(61)26-23-35-57(8,9)10/h41-48,53H,14-40H2,1-13H3/q+3/t41-,42+,43-,44-,45?,46?,47?,48+,53?,54+,55-/m1/s1. The van der Waals surface area contributed by atoms with Gasteiger partial charge in [-0.05, 0) is 92.8 Å². The maximum Gasteiger partial charge on any atom is 0.306 e. The summed E-state index contributed by atoms with van der Waals surface area (Å²) in [5.74, 6) is 0.732. The summed E-state index contributed by atoms with van der Waals surface area (Å²) < 4.78 is 28.0. The Morgan fingerprint density at radius 3 is 1.67 bits per heavy atom. The first-order valence-electron chi connectivity index (χ1n) is 27.0. The largest absolute Gasteiger partial charge is 0.466 e. The third-order valence-electron chi connectivity index (χ3n) is 17.0. The molecule has 0 radical (unpaired) electrons. The molecule has 0 aromatic heterocycles. The average molecular weight is 933 g/mol. The average Bonchev–Trinajstić information content (AvgIpc) is 3.56. The highest BCUT2D eigenvalue weighted by molar-refractivity contribution is 5.70. The third kappa shape index (κ3) is 17.0. The molecule has 4 aliphatic carbocycles. The number of carbonyl (C=O) groups is 4. The van der Waals surface area contributed by atoms with E-state index in [1.54, 1.807) is 0 Å². The summed E-state index contributed by atoms with van der Waals surface area (Å²) in [4.78, 5) is 54.3. The van der Waals surface area contributed by atoms with E-state index in [9.17, 15) is 19.2 Å². The van der Waals surface area contributed by atoms with E-state index in [1.165, 1.54) is 38.5 Å². The zero-order valence-electron chi connectivity index (χ0n) is 44.9. The van der Waals surface area contributed by atoms with Gasteiger partial charge in [0.25, 0.3) is 0 Å². The summed E-state index contributed by atoms with van der Waals surface area (Å²) in [6.07, 6.45) is 19.6. The van der Waals surface area contributed by atoms with Crippen LogP contribution in [0.4, 0.5) is 0 Å². The maximum absolute atomic E-state index is 14.0. The van der Waals surface area contributed by atoms with Crippen molar-refractivity contribution in [1.29, 1.82) is 0 Å². The lowest BCUT2D eigenvalue weighted by Crippen LogP contribution is -2.63. The van der Waals surface area contributed by atoms with E-state index in [1.807, 2.05) is 0 Å². The van der Waals surface area contributed by atoms with Crippen LogP contribution in [0.5, 0.6) is 0 Å². The molecule has 4 unspecified atom stereocenters. The Hall–Kier alpha value is -2.24. The van der Waals surface area contributed by atoms with Crippen LogP contribution in [0.3, 0.4) is 0 Å². The molecule has 66 heavy (non-hydrogen) atoms. The number of fused-ring (bicyclic) bond motifs is 5. The van der Waals surface area contributed by atoms with Crippen LogP contribution in [0.25, 0.3) is 0 Å². The summed E-state index contributed by atoms with van der Waals surface area (Å²) in [7, 11) is 19.4. The van der Waals surface area contributed by atoms with Crippen LogP contribution < -0.4 is 0 Å². The van der Waals surface area contributed by atoms with Crippen molar-refractivity contribution in [1.82, 2.24) is 0 Å². The molecule has 0 aromatic rings. The monoisotopic (exact) mass is 933 g/mol. The van der Waals surface area contributed by atoms with Gasteiger partial charge in [0.05, 0.1) is 109 Å². The van der Waals surface area contributed by atoms with Crippen molar-refractivity contribution in [3.8, 4) is 0 Å². The zero-order chi connectivity index (χ0) is 48.9. The number of esters is 4. The highest BCUT2D eigenvalue weighted by Crippen LogP contribution is 2.69. The molecule has 4 rings (SSSR count). The first-order valence-corrected chi connectivity index (χ1v) is 27.0. The van der Waals surface area contributed by atoms with E-state index in [-0.39, 0.29) is 88.5 Å². The van der Waals surface area contributed by atoms with Gasteiger partial charge >= 0.3 is 23.9 Å². The van der Waals surface area contributed by atoms with E-state index in [4.69, 9.17) is 18.9 Å². The lowest BCUT2D eigenvalue weighted by molar-refractivity contribution is -0.870. The molecule has 11 atom stereocenters. The second kappa shape index (κ2) is 25.0. The predicted molar refractivity (Wildman–Crippen MR) is 264 cm³/mol. The summed E-state index contributed by atoms with van der Waals surface area (Å²) in [5, 5.41) is 0. The lowest BCUT2D eigenvalue weighted by Gasteiger charge is -2.64. The van der Waals surface area contributed by atoms with Crippen molar-refractivity contribution in [2.75, 3.05) is 89.7 Å². The van der Waals surface area contributed by atoms with Crippen molar-refractivity contribution in [3.05, 3.63) is 0 Å². The third-order valence-corrected chi connectivity index (χ3v) is 17.0. The number of unbranched alkanes of at least 4 members (excludes halogenated alkanes) is 7. The highest BCUT2D eigenvalue weighted by atomic mass is 16.6. The second-order valence-electron chi connectivity index (χ2n) is 25.5. The molecule has 0 bridgehead atoms. The zero-order valence-corrected chi connectivity index (χ0v) is 44.9. The first kappa shape index (κ1) is 56.3. The summed E-state index contributed by atoms with van der Waals surface area (Å²) in [6, 6.07) is 0. The molecule has 0 aliphatic heterocycles. The van der Waals surface area contributed by atoms with Gasteiger partial charge in [-0.2, -0.15) is 0 Å². The van der Waals surface area contributed by atoms with Gasteiger partial charge in [-0.15, -0.1) is 0 Å². The smallest absolute Gasteiger partial charge is 0.306 e. The van der Waals surface area contributed by atoms with Crippen molar-refractivity contribution in [3.63, 3.8) is 0 Å². The Bertz CT molecular complexity index is 1530. The Balaban J connectivity index is 1.56. The molecule has 0 saturated heterocycles. The van der Waals surface area contributed by atoms with E-state index < -0.39 is 0 Å². The van der Waals surface area contributed by atoms with E-state index in [0.717, 1.165) is 117 Å².